The molecule has 4 nitrogen and oxygen atoms in total. The van der Waals surface area contributed by atoms with Crippen molar-refractivity contribution in [3.05, 3.63) is 30.1 Å². The molecule has 0 bridgehead atoms. The van der Waals surface area contributed by atoms with E-state index in [0.29, 0.717) is 13.0 Å². The molecule has 21 heavy (non-hydrogen) atoms. The Morgan fingerprint density at radius 2 is 2.24 bits per heavy atom. The van der Waals surface area contributed by atoms with E-state index in [1.54, 1.807) is 25.1 Å². The fourth-order valence-electron chi connectivity index (χ4n) is 2.69. The quantitative estimate of drug-likeness (QED) is 0.845. The van der Waals surface area contributed by atoms with Gasteiger partial charge in [0.1, 0.15) is 6.10 Å². The molecule has 1 saturated carbocycles. The summed E-state index contributed by atoms with van der Waals surface area (Å²) in [6, 6.07) is 6.39. The predicted molar refractivity (Wildman–Crippen MR) is 79.4 cm³/mol. The number of ether oxygens (including phenoxy) is 1. The summed E-state index contributed by atoms with van der Waals surface area (Å²) in [6.07, 6.45) is 3.31. The third-order valence-corrected chi connectivity index (χ3v) is 3.92. The summed E-state index contributed by atoms with van der Waals surface area (Å²) in [4.78, 5) is 11.9. The van der Waals surface area contributed by atoms with Crippen LogP contribution in [0.3, 0.4) is 0 Å². The molecule has 1 fully saturated rings. The number of hydrogen-bond acceptors (Lipinski definition) is 3. The molecule has 116 valence electrons. The van der Waals surface area contributed by atoms with Gasteiger partial charge in [-0.15, -0.1) is 0 Å². The maximum absolute atomic E-state index is 13.4. The number of benzene rings is 1. The monoisotopic (exact) mass is 294 g/mol. The van der Waals surface area contributed by atoms with Gasteiger partial charge in [-0.3, -0.25) is 4.79 Å². The molecule has 5 heteroatoms. The van der Waals surface area contributed by atoms with Crippen molar-refractivity contribution in [3.8, 4) is 5.75 Å². The second kappa shape index (κ2) is 7.41. The van der Waals surface area contributed by atoms with Gasteiger partial charge in [0, 0.05) is 12.5 Å². The Hall–Kier alpha value is -1.62. The van der Waals surface area contributed by atoms with Crippen LogP contribution < -0.4 is 15.8 Å². The van der Waals surface area contributed by atoms with Gasteiger partial charge in [0.2, 0.25) is 5.91 Å². The average molecular weight is 294 g/mol. The summed E-state index contributed by atoms with van der Waals surface area (Å²) >= 11 is 0. The fourth-order valence-corrected chi connectivity index (χ4v) is 2.69. The minimum Gasteiger partial charge on any atom is -0.486 e. The largest absolute Gasteiger partial charge is 0.486 e. The van der Waals surface area contributed by atoms with Crippen LogP contribution in [0.25, 0.3) is 0 Å². The van der Waals surface area contributed by atoms with Crippen LogP contribution in [0.15, 0.2) is 24.3 Å². The lowest BCUT2D eigenvalue weighted by molar-refractivity contribution is -0.122. The van der Waals surface area contributed by atoms with Crippen molar-refractivity contribution < 1.29 is 13.9 Å². The smallest absolute Gasteiger partial charge is 0.220 e. The van der Waals surface area contributed by atoms with Gasteiger partial charge in [-0.1, -0.05) is 18.6 Å². The second-order valence-electron chi connectivity index (χ2n) is 5.72. The molecule has 1 unspecified atom stereocenters. The zero-order valence-electron chi connectivity index (χ0n) is 12.3. The second-order valence-corrected chi connectivity index (χ2v) is 5.72. The number of hydrogen-bond donors (Lipinski definition) is 2. The van der Waals surface area contributed by atoms with Gasteiger partial charge in [0.05, 0.1) is 6.54 Å². The number of amides is 1. The summed E-state index contributed by atoms with van der Waals surface area (Å²) in [5, 5.41) is 2.83. The summed E-state index contributed by atoms with van der Waals surface area (Å²) in [5.41, 5.74) is 5.96. The molecule has 0 aromatic heterocycles. The van der Waals surface area contributed by atoms with Gasteiger partial charge in [-0.2, -0.15) is 0 Å². The van der Waals surface area contributed by atoms with Gasteiger partial charge in [-0.05, 0) is 37.8 Å². The van der Waals surface area contributed by atoms with Gasteiger partial charge in [0.25, 0.3) is 0 Å². The molecule has 0 spiro atoms. The van der Waals surface area contributed by atoms with Crippen molar-refractivity contribution >= 4 is 5.91 Å². The topological polar surface area (TPSA) is 64.4 Å². The molecular weight excluding hydrogens is 271 g/mol. The molecule has 0 heterocycles. The first-order valence-electron chi connectivity index (χ1n) is 7.49. The Morgan fingerprint density at radius 3 is 2.90 bits per heavy atom. The predicted octanol–water partition coefficient (Wildman–Crippen LogP) is 2.23. The number of halogens is 1. The molecule has 3 atom stereocenters. The van der Waals surface area contributed by atoms with Crippen molar-refractivity contribution in [1.29, 1.82) is 0 Å². The number of carbonyl (C=O) groups excluding carboxylic acids is 1. The molecule has 1 aliphatic rings. The molecule has 1 aromatic carbocycles. The van der Waals surface area contributed by atoms with Crippen LogP contribution in [-0.2, 0) is 4.79 Å². The number of nitrogens with two attached hydrogens (primary N) is 1. The summed E-state index contributed by atoms with van der Waals surface area (Å²) < 4.78 is 18.9. The minimum absolute atomic E-state index is 0.0127. The van der Waals surface area contributed by atoms with Crippen molar-refractivity contribution in [1.82, 2.24) is 5.32 Å². The Bertz CT molecular complexity index is 481. The zero-order chi connectivity index (χ0) is 15.2. The molecule has 3 N–H and O–H groups in total. The highest BCUT2D eigenvalue weighted by atomic mass is 19.1. The average Bonchev–Trinajstić information content (AvgIpc) is 2.85. The summed E-state index contributed by atoms with van der Waals surface area (Å²) in [6.45, 7) is 2.16. The van der Waals surface area contributed by atoms with E-state index >= 15 is 0 Å². The van der Waals surface area contributed by atoms with Crippen LogP contribution in [0.5, 0.6) is 5.75 Å². The van der Waals surface area contributed by atoms with Crippen LogP contribution in [0.4, 0.5) is 4.39 Å². The maximum atomic E-state index is 13.4. The van der Waals surface area contributed by atoms with Crippen LogP contribution in [-0.4, -0.2) is 24.6 Å². The first kappa shape index (κ1) is 15.8. The van der Waals surface area contributed by atoms with Crippen molar-refractivity contribution in [2.75, 3.05) is 6.54 Å². The number of nitrogens with one attached hydrogen (secondary N) is 1. The van der Waals surface area contributed by atoms with Crippen LogP contribution >= 0.6 is 0 Å². The molecule has 1 aliphatic carbocycles. The van der Waals surface area contributed by atoms with E-state index in [-0.39, 0.29) is 29.7 Å². The Morgan fingerprint density at radius 1 is 1.48 bits per heavy atom. The van der Waals surface area contributed by atoms with Crippen molar-refractivity contribution in [3.63, 3.8) is 0 Å². The standard InChI is InChI=1S/C16H23FN2O2/c1-11(21-15-8-3-2-6-13(15)17)10-19-16(20)9-12-5-4-7-14(12)18/h2-3,6,8,11-12,14H,4-5,7,9-10,18H2,1H3,(H,19,20)/t11?,12-,14+/m0/s1. The molecular formula is C16H23FN2O2. The van der Waals surface area contributed by atoms with Crippen LogP contribution in [0.2, 0.25) is 0 Å². The summed E-state index contributed by atoms with van der Waals surface area (Å²) in [5.74, 6) is 0.0822. The highest BCUT2D eigenvalue weighted by molar-refractivity contribution is 5.76. The molecule has 0 aliphatic heterocycles. The SMILES string of the molecule is CC(CNC(=O)C[C@@H]1CCC[C@H]1N)Oc1ccccc1F. The molecule has 1 amide bonds. The molecule has 0 saturated heterocycles. The summed E-state index contributed by atoms with van der Waals surface area (Å²) in [7, 11) is 0. The van der Waals surface area contributed by atoms with Crippen LogP contribution in [0.1, 0.15) is 32.6 Å². The minimum atomic E-state index is -0.396. The fraction of sp³-hybridized carbons (Fsp3) is 0.562. The van der Waals surface area contributed by atoms with E-state index in [9.17, 15) is 9.18 Å². The first-order chi connectivity index (χ1) is 10.1. The van der Waals surface area contributed by atoms with Crippen molar-refractivity contribution in [2.24, 2.45) is 11.7 Å². The van der Waals surface area contributed by atoms with Crippen molar-refractivity contribution in [2.45, 2.75) is 44.8 Å². The van der Waals surface area contributed by atoms with Gasteiger partial charge in [-0.25, -0.2) is 4.39 Å². The van der Waals surface area contributed by atoms with Gasteiger partial charge in [0.15, 0.2) is 11.6 Å². The van der Waals surface area contributed by atoms with E-state index in [4.69, 9.17) is 10.5 Å². The number of para-hydroxylation sites is 1. The third kappa shape index (κ3) is 4.70. The van der Waals surface area contributed by atoms with E-state index < -0.39 is 5.82 Å². The zero-order valence-corrected chi connectivity index (χ0v) is 12.3. The van der Waals surface area contributed by atoms with Crippen LogP contribution in [0, 0.1) is 11.7 Å². The van der Waals surface area contributed by atoms with E-state index in [1.165, 1.54) is 6.07 Å². The Kier molecular flexibility index (Phi) is 5.56. The molecule has 2 rings (SSSR count). The van der Waals surface area contributed by atoms with E-state index in [2.05, 4.69) is 5.32 Å². The number of rotatable bonds is 6. The first-order valence-corrected chi connectivity index (χ1v) is 7.49. The molecule has 0 radical (unpaired) electrons. The highest BCUT2D eigenvalue weighted by Crippen LogP contribution is 2.26. The highest BCUT2D eigenvalue weighted by Gasteiger charge is 2.26. The lowest BCUT2D eigenvalue weighted by atomic mass is 10.00. The normalized spacial score (nSPS) is 22.8. The Balaban J connectivity index is 1.72. The van der Waals surface area contributed by atoms with E-state index in [0.717, 1.165) is 19.3 Å². The van der Waals surface area contributed by atoms with E-state index in [1.807, 2.05) is 0 Å². The molecule has 1 aromatic rings. The maximum Gasteiger partial charge on any atom is 0.220 e. The Labute approximate surface area is 124 Å². The lowest BCUT2D eigenvalue weighted by Gasteiger charge is -2.18. The number of carbonyl (C=O) groups is 1. The van der Waals surface area contributed by atoms with Gasteiger partial charge >= 0.3 is 0 Å². The van der Waals surface area contributed by atoms with Gasteiger partial charge < -0.3 is 15.8 Å². The lowest BCUT2D eigenvalue weighted by Crippen LogP contribution is -2.36. The third-order valence-electron chi connectivity index (χ3n) is 3.92.